The van der Waals surface area contributed by atoms with Gasteiger partial charge in [0, 0.05) is 5.56 Å². The van der Waals surface area contributed by atoms with Crippen LogP contribution in [-0.2, 0) is 0 Å². The van der Waals surface area contributed by atoms with Crippen molar-refractivity contribution in [1.82, 2.24) is 0 Å². The van der Waals surface area contributed by atoms with Crippen molar-refractivity contribution in [3.8, 4) is 0 Å². The van der Waals surface area contributed by atoms with Gasteiger partial charge in [-0.2, -0.15) is 12.6 Å². The van der Waals surface area contributed by atoms with Crippen molar-refractivity contribution in [2.24, 2.45) is 5.73 Å². The fourth-order valence-corrected chi connectivity index (χ4v) is 0.618. The summed E-state index contributed by atoms with van der Waals surface area (Å²) in [5.41, 5.74) is 5.97. The molecular formula is C8H12N2S. The van der Waals surface area contributed by atoms with Crippen LogP contribution >= 0.6 is 12.6 Å². The van der Waals surface area contributed by atoms with Gasteiger partial charge < -0.3 is 5.73 Å². The van der Waals surface area contributed by atoms with Crippen LogP contribution < -0.4 is 5.73 Å². The summed E-state index contributed by atoms with van der Waals surface area (Å²) in [4.78, 5) is 0. The van der Waals surface area contributed by atoms with Crippen molar-refractivity contribution in [2.75, 3.05) is 6.26 Å². The molecule has 3 N–H and O–H groups in total. The van der Waals surface area contributed by atoms with Gasteiger partial charge >= 0.3 is 0 Å². The minimum Gasteiger partial charge on any atom is -0.384 e. The molecule has 60 valence electrons. The number of nitrogens with two attached hydrogens (primary N) is 1. The lowest BCUT2D eigenvalue weighted by Crippen LogP contribution is -2.10. The Morgan fingerprint density at radius 1 is 1.27 bits per heavy atom. The Morgan fingerprint density at radius 2 is 1.73 bits per heavy atom. The van der Waals surface area contributed by atoms with E-state index >= 15 is 0 Å². The number of amidine groups is 1. The first-order valence-corrected chi connectivity index (χ1v) is 4.04. The van der Waals surface area contributed by atoms with Crippen LogP contribution in [0, 0.1) is 5.41 Å². The van der Waals surface area contributed by atoms with Gasteiger partial charge in [-0.15, -0.1) is 0 Å². The van der Waals surface area contributed by atoms with Crippen LogP contribution in [-0.4, -0.2) is 12.1 Å². The molecule has 0 aliphatic heterocycles. The predicted molar refractivity (Wildman–Crippen MR) is 52.4 cm³/mol. The molecule has 2 nitrogen and oxygen atoms in total. The molecule has 0 spiro atoms. The molecular weight excluding hydrogens is 156 g/mol. The van der Waals surface area contributed by atoms with E-state index in [2.05, 4.69) is 12.6 Å². The highest BCUT2D eigenvalue weighted by Crippen LogP contribution is 1.94. The van der Waals surface area contributed by atoms with Crippen LogP contribution in [0.25, 0.3) is 0 Å². The zero-order chi connectivity index (χ0) is 8.69. The van der Waals surface area contributed by atoms with Gasteiger partial charge in [-0.3, -0.25) is 5.41 Å². The van der Waals surface area contributed by atoms with Crippen LogP contribution in [0.1, 0.15) is 5.56 Å². The molecule has 1 aromatic rings. The molecule has 1 rings (SSSR count). The summed E-state index contributed by atoms with van der Waals surface area (Å²) >= 11 is 3.53. The van der Waals surface area contributed by atoms with E-state index in [4.69, 9.17) is 11.1 Å². The standard InChI is InChI=1S/C7H8N2.CH4S/c8-7(9)6-4-2-1-3-5-6;1-2/h1-5H,(H3,8,9);2H,1H3. The van der Waals surface area contributed by atoms with Crippen LogP contribution in [0.15, 0.2) is 30.3 Å². The number of nitrogens with one attached hydrogen (secondary N) is 1. The molecule has 0 aromatic heterocycles. The van der Waals surface area contributed by atoms with E-state index in [-0.39, 0.29) is 5.84 Å². The van der Waals surface area contributed by atoms with E-state index in [0.717, 1.165) is 5.56 Å². The van der Waals surface area contributed by atoms with Crippen molar-refractivity contribution >= 4 is 18.5 Å². The fraction of sp³-hybridized carbons (Fsp3) is 0.125. The molecule has 0 aliphatic rings. The van der Waals surface area contributed by atoms with Crippen LogP contribution in [0.3, 0.4) is 0 Å². The fourth-order valence-electron chi connectivity index (χ4n) is 0.618. The van der Waals surface area contributed by atoms with Crippen LogP contribution in [0.4, 0.5) is 0 Å². The number of hydrogen-bond donors (Lipinski definition) is 3. The maximum absolute atomic E-state index is 7.01. The third kappa shape index (κ3) is 3.68. The van der Waals surface area contributed by atoms with Crippen molar-refractivity contribution in [3.63, 3.8) is 0 Å². The summed E-state index contributed by atoms with van der Waals surface area (Å²) in [5, 5.41) is 7.01. The molecule has 1 aromatic carbocycles. The minimum atomic E-state index is 0.121. The summed E-state index contributed by atoms with van der Waals surface area (Å²) < 4.78 is 0. The molecule has 0 saturated heterocycles. The van der Waals surface area contributed by atoms with Crippen molar-refractivity contribution in [3.05, 3.63) is 35.9 Å². The lowest BCUT2D eigenvalue weighted by molar-refractivity contribution is 1.42. The molecule has 0 heterocycles. The van der Waals surface area contributed by atoms with E-state index in [0.29, 0.717) is 0 Å². The third-order valence-electron chi connectivity index (χ3n) is 1.08. The van der Waals surface area contributed by atoms with Crippen LogP contribution in [0.2, 0.25) is 0 Å². The second-order valence-electron chi connectivity index (χ2n) is 1.78. The number of rotatable bonds is 1. The monoisotopic (exact) mass is 168 g/mol. The number of benzene rings is 1. The average Bonchev–Trinajstić information content (AvgIpc) is 2.10. The summed E-state index contributed by atoms with van der Waals surface area (Å²) in [7, 11) is 0. The molecule has 0 fully saturated rings. The SMILES string of the molecule is CS.N=C(N)c1ccccc1. The van der Waals surface area contributed by atoms with Crippen molar-refractivity contribution in [2.45, 2.75) is 0 Å². The first-order chi connectivity index (χ1) is 5.30. The van der Waals surface area contributed by atoms with Crippen molar-refractivity contribution in [1.29, 1.82) is 5.41 Å². The molecule has 0 saturated carbocycles. The quantitative estimate of drug-likeness (QED) is 0.332. The maximum Gasteiger partial charge on any atom is 0.122 e. The maximum atomic E-state index is 7.01. The molecule has 0 radical (unpaired) electrons. The second kappa shape index (κ2) is 5.80. The van der Waals surface area contributed by atoms with Gasteiger partial charge in [-0.25, -0.2) is 0 Å². The number of nitrogen functional groups attached to an aromatic ring is 1. The first kappa shape index (κ1) is 10.0. The third-order valence-corrected chi connectivity index (χ3v) is 1.08. The zero-order valence-electron chi connectivity index (χ0n) is 6.41. The Balaban J connectivity index is 0.000000461. The Labute approximate surface area is 72.3 Å². The van der Waals surface area contributed by atoms with Crippen LogP contribution in [0.5, 0.6) is 0 Å². The lowest BCUT2D eigenvalue weighted by Gasteiger charge is -1.93. The highest BCUT2D eigenvalue weighted by Gasteiger charge is 1.89. The summed E-state index contributed by atoms with van der Waals surface area (Å²) in [6, 6.07) is 9.23. The Bertz CT molecular complexity index is 209. The van der Waals surface area contributed by atoms with E-state index in [1.165, 1.54) is 0 Å². The molecule has 3 heteroatoms. The Kier molecular flexibility index (Phi) is 5.29. The molecule has 11 heavy (non-hydrogen) atoms. The van der Waals surface area contributed by atoms with Gasteiger partial charge in [0.25, 0.3) is 0 Å². The zero-order valence-corrected chi connectivity index (χ0v) is 7.31. The van der Waals surface area contributed by atoms with Gasteiger partial charge in [0.2, 0.25) is 0 Å². The minimum absolute atomic E-state index is 0.121. The second-order valence-corrected chi connectivity index (χ2v) is 1.78. The van der Waals surface area contributed by atoms with E-state index < -0.39 is 0 Å². The lowest BCUT2D eigenvalue weighted by atomic mass is 10.2. The van der Waals surface area contributed by atoms with Gasteiger partial charge in [0.15, 0.2) is 0 Å². The first-order valence-electron chi connectivity index (χ1n) is 3.15. The van der Waals surface area contributed by atoms with Crippen molar-refractivity contribution < 1.29 is 0 Å². The van der Waals surface area contributed by atoms with E-state index in [1.807, 2.05) is 30.3 Å². The van der Waals surface area contributed by atoms with Gasteiger partial charge in [-0.05, 0) is 6.26 Å². The molecule has 0 aliphatic carbocycles. The summed E-state index contributed by atoms with van der Waals surface area (Å²) in [6.07, 6.45) is 1.69. The normalized spacial score (nSPS) is 7.82. The Morgan fingerprint density at radius 3 is 2.00 bits per heavy atom. The van der Waals surface area contributed by atoms with Gasteiger partial charge in [-0.1, -0.05) is 30.3 Å². The molecule has 0 atom stereocenters. The molecule has 0 amide bonds. The smallest absolute Gasteiger partial charge is 0.122 e. The summed E-state index contributed by atoms with van der Waals surface area (Å²) in [6.45, 7) is 0. The number of thiol groups is 1. The largest absolute Gasteiger partial charge is 0.384 e. The predicted octanol–water partition coefficient (Wildman–Crippen LogP) is 1.52. The van der Waals surface area contributed by atoms with Gasteiger partial charge in [0.1, 0.15) is 5.84 Å². The van der Waals surface area contributed by atoms with E-state index in [1.54, 1.807) is 6.26 Å². The van der Waals surface area contributed by atoms with Gasteiger partial charge in [0.05, 0.1) is 0 Å². The number of hydrogen-bond acceptors (Lipinski definition) is 2. The van der Waals surface area contributed by atoms with E-state index in [9.17, 15) is 0 Å². The molecule has 0 bridgehead atoms. The topological polar surface area (TPSA) is 49.9 Å². The molecule has 0 unspecified atom stereocenters. The summed E-state index contributed by atoms with van der Waals surface area (Å²) in [5.74, 6) is 0.121. The highest BCUT2D eigenvalue weighted by atomic mass is 32.1. The Hall–Kier alpha value is -0.960. The highest BCUT2D eigenvalue weighted by molar-refractivity contribution is 7.79. The average molecular weight is 168 g/mol.